The fourth-order valence-corrected chi connectivity index (χ4v) is 2.19. The second kappa shape index (κ2) is 8.08. The quantitative estimate of drug-likeness (QED) is 0.702. The fraction of sp³-hybridized carbons (Fsp3) is 0.846. The van der Waals surface area contributed by atoms with Crippen molar-refractivity contribution in [2.75, 3.05) is 26.3 Å². The molecule has 5 heteroatoms. The molecule has 1 amide bonds. The highest BCUT2D eigenvalue weighted by atomic mass is 16.5. The predicted octanol–water partition coefficient (Wildman–Crippen LogP) is 1.52. The zero-order chi connectivity index (χ0) is 13.4. The molecule has 5 nitrogen and oxygen atoms in total. The van der Waals surface area contributed by atoms with Gasteiger partial charge in [0.2, 0.25) is 5.91 Å². The summed E-state index contributed by atoms with van der Waals surface area (Å²) in [6.07, 6.45) is 3.70. The van der Waals surface area contributed by atoms with Crippen molar-refractivity contribution >= 4 is 11.9 Å². The standard InChI is InChI=1S/C13H23NO4/c1-2-9-18-10-12(15)14-7-5-11(6-8-14)3-4-13(16)17/h11H,2-10H2,1H3,(H,16,17). The fourth-order valence-electron chi connectivity index (χ4n) is 2.19. The maximum Gasteiger partial charge on any atom is 0.303 e. The van der Waals surface area contributed by atoms with Gasteiger partial charge < -0.3 is 14.7 Å². The van der Waals surface area contributed by atoms with Gasteiger partial charge in [-0.3, -0.25) is 9.59 Å². The number of piperidine rings is 1. The van der Waals surface area contributed by atoms with Gasteiger partial charge in [-0.25, -0.2) is 0 Å². The number of carbonyl (C=O) groups excluding carboxylic acids is 1. The minimum absolute atomic E-state index is 0.0557. The highest BCUT2D eigenvalue weighted by Crippen LogP contribution is 2.21. The Hall–Kier alpha value is -1.10. The Morgan fingerprint density at radius 3 is 2.56 bits per heavy atom. The minimum Gasteiger partial charge on any atom is -0.481 e. The maximum atomic E-state index is 11.8. The summed E-state index contributed by atoms with van der Waals surface area (Å²) >= 11 is 0. The molecule has 1 aliphatic heterocycles. The molecule has 1 heterocycles. The van der Waals surface area contributed by atoms with Crippen LogP contribution < -0.4 is 0 Å². The molecule has 1 aliphatic rings. The Kier molecular flexibility index (Phi) is 6.72. The van der Waals surface area contributed by atoms with Crippen LogP contribution in [-0.4, -0.2) is 48.2 Å². The molecule has 0 radical (unpaired) electrons. The Morgan fingerprint density at radius 2 is 2.00 bits per heavy atom. The number of amides is 1. The number of likely N-dealkylation sites (tertiary alicyclic amines) is 1. The van der Waals surface area contributed by atoms with Crippen molar-refractivity contribution < 1.29 is 19.4 Å². The average molecular weight is 257 g/mol. The van der Waals surface area contributed by atoms with Gasteiger partial charge in [0, 0.05) is 26.1 Å². The van der Waals surface area contributed by atoms with E-state index in [0.29, 0.717) is 12.5 Å². The summed E-state index contributed by atoms with van der Waals surface area (Å²) < 4.78 is 5.23. The number of carboxylic acid groups (broad SMARTS) is 1. The first-order chi connectivity index (χ1) is 8.63. The summed E-state index contributed by atoms with van der Waals surface area (Å²) in [6.45, 7) is 4.28. The van der Waals surface area contributed by atoms with Crippen LogP contribution in [0.1, 0.15) is 39.0 Å². The summed E-state index contributed by atoms with van der Waals surface area (Å²) in [6, 6.07) is 0. The van der Waals surface area contributed by atoms with Crippen molar-refractivity contribution in [3.8, 4) is 0 Å². The number of carbonyl (C=O) groups is 2. The highest BCUT2D eigenvalue weighted by molar-refractivity contribution is 5.77. The van der Waals surface area contributed by atoms with Gasteiger partial charge in [-0.05, 0) is 31.6 Å². The Morgan fingerprint density at radius 1 is 1.33 bits per heavy atom. The molecule has 0 aliphatic carbocycles. The van der Waals surface area contributed by atoms with E-state index in [-0.39, 0.29) is 18.9 Å². The first-order valence-electron chi connectivity index (χ1n) is 6.70. The third kappa shape index (κ3) is 5.49. The second-order valence-electron chi connectivity index (χ2n) is 4.81. The lowest BCUT2D eigenvalue weighted by Crippen LogP contribution is -2.40. The number of ether oxygens (including phenoxy) is 1. The number of hydrogen-bond acceptors (Lipinski definition) is 3. The van der Waals surface area contributed by atoms with Crippen molar-refractivity contribution in [2.45, 2.75) is 39.0 Å². The molecule has 1 fully saturated rings. The van der Waals surface area contributed by atoms with Crippen molar-refractivity contribution in [3.63, 3.8) is 0 Å². The lowest BCUT2D eigenvalue weighted by molar-refractivity contribution is -0.139. The van der Waals surface area contributed by atoms with Crippen LogP contribution in [0.4, 0.5) is 0 Å². The van der Waals surface area contributed by atoms with E-state index in [1.807, 2.05) is 11.8 Å². The summed E-state index contributed by atoms with van der Waals surface area (Å²) in [5.74, 6) is -0.233. The van der Waals surface area contributed by atoms with E-state index in [0.717, 1.165) is 38.8 Å². The van der Waals surface area contributed by atoms with Crippen molar-refractivity contribution in [3.05, 3.63) is 0 Å². The van der Waals surface area contributed by atoms with Crippen LogP contribution in [0.25, 0.3) is 0 Å². The van der Waals surface area contributed by atoms with Crippen molar-refractivity contribution in [2.24, 2.45) is 5.92 Å². The van der Waals surface area contributed by atoms with Gasteiger partial charge in [0.05, 0.1) is 0 Å². The van der Waals surface area contributed by atoms with Gasteiger partial charge in [0.25, 0.3) is 0 Å². The molecule has 0 aromatic heterocycles. The largest absolute Gasteiger partial charge is 0.481 e. The molecule has 1 rings (SSSR count). The lowest BCUT2D eigenvalue weighted by Gasteiger charge is -2.31. The Bertz CT molecular complexity index is 272. The second-order valence-corrected chi connectivity index (χ2v) is 4.81. The van der Waals surface area contributed by atoms with E-state index in [1.165, 1.54) is 0 Å². The van der Waals surface area contributed by atoms with Crippen LogP contribution in [0.2, 0.25) is 0 Å². The molecule has 0 unspecified atom stereocenters. The maximum absolute atomic E-state index is 11.8. The molecular formula is C13H23NO4. The number of rotatable bonds is 7. The zero-order valence-electron chi connectivity index (χ0n) is 11.1. The normalized spacial score (nSPS) is 16.8. The van der Waals surface area contributed by atoms with Crippen LogP contribution in [0.15, 0.2) is 0 Å². The smallest absolute Gasteiger partial charge is 0.303 e. The van der Waals surface area contributed by atoms with Crippen LogP contribution in [-0.2, 0) is 14.3 Å². The predicted molar refractivity (Wildman–Crippen MR) is 67.3 cm³/mol. The third-order valence-corrected chi connectivity index (χ3v) is 3.31. The van der Waals surface area contributed by atoms with Gasteiger partial charge in [-0.2, -0.15) is 0 Å². The highest BCUT2D eigenvalue weighted by Gasteiger charge is 2.22. The summed E-state index contributed by atoms with van der Waals surface area (Å²) in [5, 5.41) is 8.62. The number of aliphatic carboxylic acids is 1. The SMILES string of the molecule is CCCOCC(=O)N1CCC(CCC(=O)O)CC1. The van der Waals surface area contributed by atoms with E-state index in [9.17, 15) is 9.59 Å². The number of nitrogens with zero attached hydrogens (tertiary/aromatic N) is 1. The van der Waals surface area contributed by atoms with E-state index in [1.54, 1.807) is 0 Å². The van der Waals surface area contributed by atoms with E-state index in [2.05, 4.69) is 0 Å². The molecule has 0 aromatic rings. The summed E-state index contributed by atoms with van der Waals surface area (Å²) in [5.41, 5.74) is 0. The van der Waals surface area contributed by atoms with Crippen LogP contribution >= 0.6 is 0 Å². The zero-order valence-corrected chi connectivity index (χ0v) is 11.1. The minimum atomic E-state index is -0.735. The van der Waals surface area contributed by atoms with Crippen molar-refractivity contribution in [1.29, 1.82) is 0 Å². The van der Waals surface area contributed by atoms with Crippen molar-refractivity contribution in [1.82, 2.24) is 4.90 Å². The molecule has 0 spiro atoms. The molecule has 0 saturated carbocycles. The van der Waals surface area contributed by atoms with Gasteiger partial charge in [0.15, 0.2) is 0 Å². The molecule has 18 heavy (non-hydrogen) atoms. The van der Waals surface area contributed by atoms with Gasteiger partial charge >= 0.3 is 5.97 Å². The first kappa shape index (κ1) is 15.0. The topological polar surface area (TPSA) is 66.8 Å². The molecule has 1 N–H and O–H groups in total. The van der Waals surface area contributed by atoms with E-state index < -0.39 is 5.97 Å². The average Bonchev–Trinajstić information content (AvgIpc) is 2.37. The molecule has 104 valence electrons. The molecule has 1 saturated heterocycles. The van der Waals surface area contributed by atoms with Gasteiger partial charge in [0.1, 0.15) is 6.61 Å². The number of hydrogen-bond donors (Lipinski definition) is 1. The Labute approximate surface area is 108 Å². The van der Waals surface area contributed by atoms with Crippen LogP contribution in [0.3, 0.4) is 0 Å². The van der Waals surface area contributed by atoms with E-state index >= 15 is 0 Å². The molecule has 0 aromatic carbocycles. The molecular weight excluding hydrogens is 234 g/mol. The van der Waals surface area contributed by atoms with Gasteiger partial charge in [-0.15, -0.1) is 0 Å². The van der Waals surface area contributed by atoms with E-state index in [4.69, 9.17) is 9.84 Å². The van der Waals surface area contributed by atoms with Crippen LogP contribution in [0.5, 0.6) is 0 Å². The summed E-state index contributed by atoms with van der Waals surface area (Å²) in [4.78, 5) is 24.1. The lowest BCUT2D eigenvalue weighted by atomic mass is 9.92. The monoisotopic (exact) mass is 257 g/mol. The third-order valence-electron chi connectivity index (χ3n) is 3.31. The van der Waals surface area contributed by atoms with Gasteiger partial charge in [-0.1, -0.05) is 6.92 Å². The molecule has 0 bridgehead atoms. The summed E-state index contributed by atoms with van der Waals surface area (Å²) in [7, 11) is 0. The number of carboxylic acids is 1. The molecule has 0 atom stereocenters. The first-order valence-corrected chi connectivity index (χ1v) is 6.70. The van der Waals surface area contributed by atoms with Crippen LogP contribution in [0, 0.1) is 5.92 Å². The Balaban J connectivity index is 2.17.